The minimum atomic E-state index is -0.153. The fourth-order valence-electron chi connectivity index (χ4n) is 3.91. The summed E-state index contributed by atoms with van der Waals surface area (Å²) < 4.78 is 5.53. The Hall–Kier alpha value is -5.04. The highest BCUT2D eigenvalue weighted by atomic mass is 16.5. The van der Waals surface area contributed by atoms with E-state index in [9.17, 15) is 4.79 Å². The van der Waals surface area contributed by atoms with Crippen molar-refractivity contribution >= 4 is 46.0 Å². The van der Waals surface area contributed by atoms with Gasteiger partial charge in [-0.15, -0.1) is 0 Å². The summed E-state index contributed by atoms with van der Waals surface area (Å²) >= 11 is 0. The minimum Gasteiger partial charge on any atom is -0.494 e. The van der Waals surface area contributed by atoms with Crippen molar-refractivity contribution in [3.05, 3.63) is 114 Å². The number of anilines is 3. The smallest absolute Gasteiger partial charge is 0.213 e. The molecule has 0 amide bonds. The van der Waals surface area contributed by atoms with E-state index in [-0.39, 0.29) is 5.78 Å². The zero-order valence-electron chi connectivity index (χ0n) is 20.5. The molecule has 37 heavy (non-hydrogen) atoms. The second-order valence-electron chi connectivity index (χ2n) is 8.44. The van der Waals surface area contributed by atoms with Crippen LogP contribution in [0.5, 0.6) is 5.75 Å². The molecule has 1 aliphatic rings. The lowest BCUT2D eigenvalue weighted by Crippen LogP contribution is -2.18. The molecule has 4 aromatic carbocycles. The molecule has 1 aliphatic carbocycles. The highest BCUT2D eigenvalue weighted by Crippen LogP contribution is 2.34. The number of fused-ring (bicyclic) bond motifs is 1. The number of ketones is 1. The number of benzene rings is 4. The molecule has 0 unspecified atom stereocenters. The lowest BCUT2D eigenvalue weighted by atomic mass is 9.94. The van der Waals surface area contributed by atoms with Crippen LogP contribution in [0.15, 0.2) is 112 Å². The van der Waals surface area contributed by atoms with Gasteiger partial charge in [-0.3, -0.25) is 10.2 Å². The molecule has 0 saturated heterocycles. The molecule has 0 aromatic heterocycles. The lowest BCUT2D eigenvalue weighted by Gasteiger charge is -2.15. The van der Waals surface area contributed by atoms with Crippen molar-refractivity contribution in [2.75, 3.05) is 17.9 Å². The van der Waals surface area contributed by atoms with Crippen LogP contribution in [0.1, 0.15) is 21.5 Å². The molecule has 0 fully saturated rings. The Labute approximate surface area is 215 Å². The number of para-hydroxylation sites is 1. The largest absolute Gasteiger partial charge is 0.494 e. The molecule has 5 rings (SSSR count). The van der Waals surface area contributed by atoms with Gasteiger partial charge in [-0.2, -0.15) is 15.3 Å². The molecule has 2 N–H and O–H groups in total. The van der Waals surface area contributed by atoms with Crippen LogP contribution in [0.4, 0.5) is 28.4 Å². The molecule has 182 valence electrons. The van der Waals surface area contributed by atoms with E-state index in [0.717, 1.165) is 28.2 Å². The average Bonchev–Trinajstić information content (AvgIpc) is 2.93. The third kappa shape index (κ3) is 5.46. The van der Waals surface area contributed by atoms with Gasteiger partial charge in [-0.25, -0.2) is 0 Å². The molecule has 0 heterocycles. The number of carbonyl (C=O) groups excluding carboxylic acids is 1. The van der Waals surface area contributed by atoms with Gasteiger partial charge in [0.1, 0.15) is 11.5 Å². The van der Waals surface area contributed by atoms with Gasteiger partial charge in [0.05, 0.1) is 24.2 Å². The van der Waals surface area contributed by atoms with Gasteiger partial charge in [0, 0.05) is 23.0 Å². The van der Waals surface area contributed by atoms with Gasteiger partial charge in [-0.1, -0.05) is 42.5 Å². The van der Waals surface area contributed by atoms with Crippen LogP contribution < -0.4 is 15.5 Å². The fourth-order valence-corrected chi connectivity index (χ4v) is 3.91. The van der Waals surface area contributed by atoms with E-state index in [1.807, 2.05) is 97.9 Å². The number of azo groups is 1. The number of nitrogens with zero attached hydrogens (tertiary/aromatic N) is 3. The Morgan fingerprint density at radius 1 is 0.784 bits per heavy atom. The highest BCUT2D eigenvalue weighted by molar-refractivity contribution is 6.52. The predicted octanol–water partition coefficient (Wildman–Crippen LogP) is 7.84. The van der Waals surface area contributed by atoms with E-state index < -0.39 is 0 Å². The number of hydrogen-bond donors (Lipinski definition) is 2. The van der Waals surface area contributed by atoms with Gasteiger partial charge in [0.25, 0.3) is 0 Å². The molecule has 4 aromatic rings. The van der Waals surface area contributed by atoms with Gasteiger partial charge in [-0.05, 0) is 72.7 Å². The number of hydrazone groups is 1. The SMILES string of the molecule is COc1cc(/N=N/c2ccccc2)c(C)cc1N/N=C1/C=Cc2cc(Nc3ccccc3)ccc2C1=O. The summed E-state index contributed by atoms with van der Waals surface area (Å²) in [6, 6.07) is 28.7. The van der Waals surface area contributed by atoms with Crippen molar-refractivity contribution in [3.63, 3.8) is 0 Å². The molecular weight excluding hydrogens is 462 g/mol. The summed E-state index contributed by atoms with van der Waals surface area (Å²) in [7, 11) is 1.57. The predicted molar refractivity (Wildman–Crippen MR) is 149 cm³/mol. The first-order valence-corrected chi connectivity index (χ1v) is 11.8. The molecule has 0 aliphatic heterocycles. The Bertz CT molecular complexity index is 1530. The van der Waals surface area contributed by atoms with Gasteiger partial charge >= 0.3 is 0 Å². The van der Waals surface area contributed by atoms with Crippen molar-refractivity contribution in [1.82, 2.24) is 0 Å². The topological polar surface area (TPSA) is 87.4 Å². The number of ether oxygens (including phenoxy) is 1. The summed E-state index contributed by atoms with van der Waals surface area (Å²) in [4.78, 5) is 13.1. The van der Waals surface area contributed by atoms with E-state index in [4.69, 9.17) is 4.74 Å². The number of carbonyl (C=O) groups is 1. The molecule has 0 spiro atoms. The normalized spacial score (nSPS) is 13.6. The van der Waals surface area contributed by atoms with Crippen LogP contribution in [0.25, 0.3) is 6.08 Å². The number of rotatable bonds is 7. The number of methoxy groups -OCH3 is 1. The van der Waals surface area contributed by atoms with Crippen LogP contribution in [0.3, 0.4) is 0 Å². The minimum absolute atomic E-state index is 0.153. The van der Waals surface area contributed by atoms with E-state index in [2.05, 4.69) is 26.1 Å². The van der Waals surface area contributed by atoms with Crippen LogP contribution in [0, 0.1) is 6.92 Å². The van der Waals surface area contributed by atoms with Crippen molar-refractivity contribution in [2.45, 2.75) is 6.92 Å². The zero-order valence-corrected chi connectivity index (χ0v) is 20.5. The molecule has 7 nitrogen and oxygen atoms in total. The summed E-state index contributed by atoms with van der Waals surface area (Å²) in [5, 5.41) is 16.4. The van der Waals surface area contributed by atoms with Gasteiger partial charge < -0.3 is 10.1 Å². The van der Waals surface area contributed by atoms with Crippen molar-refractivity contribution in [3.8, 4) is 5.75 Å². The summed E-state index contributed by atoms with van der Waals surface area (Å²) in [5.41, 5.74) is 9.58. The molecule has 0 radical (unpaired) electrons. The summed E-state index contributed by atoms with van der Waals surface area (Å²) in [5.74, 6) is 0.390. The molecule has 0 saturated carbocycles. The van der Waals surface area contributed by atoms with Gasteiger partial charge in [0.15, 0.2) is 0 Å². The van der Waals surface area contributed by atoms with Crippen molar-refractivity contribution in [2.24, 2.45) is 15.3 Å². The fraction of sp³-hybridized carbons (Fsp3) is 0.0667. The second kappa shape index (κ2) is 10.7. The van der Waals surface area contributed by atoms with Crippen LogP contribution >= 0.6 is 0 Å². The number of hydrogen-bond acceptors (Lipinski definition) is 7. The summed E-state index contributed by atoms with van der Waals surface area (Å²) in [6.07, 6.45) is 3.61. The van der Waals surface area contributed by atoms with Crippen LogP contribution in [-0.2, 0) is 0 Å². The Morgan fingerprint density at radius 3 is 2.30 bits per heavy atom. The maximum atomic E-state index is 13.1. The third-order valence-electron chi connectivity index (χ3n) is 5.86. The maximum Gasteiger partial charge on any atom is 0.213 e. The quantitative estimate of drug-likeness (QED) is 0.205. The monoisotopic (exact) mass is 487 g/mol. The Balaban J connectivity index is 1.33. The van der Waals surface area contributed by atoms with Gasteiger partial charge in [0.2, 0.25) is 5.78 Å². The highest BCUT2D eigenvalue weighted by Gasteiger charge is 2.20. The Kier molecular flexibility index (Phi) is 6.85. The first kappa shape index (κ1) is 23.7. The molecule has 7 heteroatoms. The van der Waals surface area contributed by atoms with Crippen molar-refractivity contribution < 1.29 is 9.53 Å². The first-order valence-electron chi connectivity index (χ1n) is 11.8. The van der Waals surface area contributed by atoms with Crippen LogP contribution in [0.2, 0.25) is 0 Å². The number of nitrogens with one attached hydrogen (secondary N) is 2. The Morgan fingerprint density at radius 2 is 1.54 bits per heavy atom. The number of allylic oxidation sites excluding steroid dienone is 1. The lowest BCUT2D eigenvalue weighted by molar-refractivity contribution is 0.106. The second-order valence-corrected chi connectivity index (χ2v) is 8.44. The van der Waals surface area contributed by atoms with E-state index in [1.165, 1.54) is 0 Å². The average molecular weight is 488 g/mol. The van der Waals surface area contributed by atoms with E-state index in [1.54, 1.807) is 19.3 Å². The summed E-state index contributed by atoms with van der Waals surface area (Å²) in [6.45, 7) is 1.93. The molecular formula is C30H25N5O2. The molecule has 0 atom stereocenters. The number of aryl methyl sites for hydroxylation is 1. The number of Topliss-reactive ketones (excluding diaryl/α,β-unsaturated/α-hetero) is 1. The van der Waals surface area contributed by atoms with E-state index >= 15 is 0 Å². The first-order chi connectivity index (χ1) is 18.1. The van der Waals surface area contributed by atoms with Crippen molar-refractivity contribution in [1.29, 1.82) is 0 Å². The maximum absolute atomic E-state index is 13.1. The van der Waals surface area contributed by atoms with E-state index in [0.29, 0.717) is 28.4 Å². The standard InChI is InChI=1S/C30H25N5O2/c1-20-17-28(29(37-2)19-27(20)34-32-23-11-7-4-8-12-23)35-33-26-16-13-21-18-24(14-15-25(21)30(26)36)31-22-9-5-3-6-10-22/h3-19,31,35H,1-2H3/b33-26-,34-32+. The zero-order chi connectivity index (χ0) is 25.6. The molecule has 0 bridgehead atoms. The third-order valence-corrected chi connectivity index (χ3v) is 5.86. The van der Waals surface area contributed by atoms with Crippen LogP contribution in [-0.4, -0.2) is 18.6 Å².